The molecular weight excluding hydrogens is 152 g/mol. The number of ether oxygens (including phenoxy) is 1. The molecule has 1 aliphatic rings. The predicted molar refractivity (Wildman–Crippen MR) is 46.4 cm³/mol. The second kappa shape index (κ2) is 4.82. The lowest BCUT2D eigenvalue weighted by Crippen LogP contribution is -2.02. The van der Waals surface area contributed by atoms with Crippen molar-refractivity contribution in [3.05, 3.63) is 0 Å². The monoisotopic (exact) mass is 166 g/mol. The lowest BCUT2D eigenvalue weighted by Gasteiger charge is -1.97. The van der Waals surface area contributed by atoms with Crippen LogP contribution in [-0.2, 0) is 9.53 Å². The average Bonchev–Trinajstić information content (AvgIpc) is 2.45. The molecule has 66 valence electrons. The Morgan fingerprint density at radius 3 is 3.08 bits per heavy atom. The molecule has 0 aliphatic carbocycles. The van der Waals surface area contributed by atoms with E-state index in [0.29, 0.717) is 6.42 Å². The van der Waals surface area contributed by atoms with Gasteiger partial charge < -0.3 is 4.74 Å². The molecule has 0 saturated carbocycles. The molecule has 1 fully saturated rings. The van der Waals surface area contributed by atoms with E-state index in [4.69, 9.17) is 4.74 Å². The first kappa shape index (κ1) is 9.12. The van der Waals surface area contributed by atoms with Crippen molar-refractivity contribution in [1.82, 2.24) is 0 Å². The van der Waals surface area contributed by atoms with Gasteiger partial charge in [0.1, 0.15) is 0 Å². The minimum absolute atomic E-state index is 0.107. The number of hydrogen-bond acceptors (Lipinski definition) is 2. The first-order valence-electron chi connectivity index (χ1n) is 4.51. The zero-order chi connectivity index (χ0) is 8.81. The maximum Gasteiger partial charge on any atom is 0.307 e. The van der Waals surface area contributed by atoms with Gasteiger partial charge in [0.25, 0.3) is 0 Å². The van der Waals surface area contributed by atoms with Crippen molar-refractivity contribution in [2.24, 2.45) is 0 Å². The molecule has 1 rings (SSSR count). The maximum atomic E-state index is 10.7. The highest BCUT2D eigenvalue weighted by Gasteiger charge is 2.20. The molecule has 12 heavy (non-hydrogen) atoms. The molecule has 0 bridgehead atoms. The summed E-state index contributed by atoms with van der Waals surface area (Å²) in [6.45, 7) is 2.14. The van der Waals surface area contributed by atoms with Crippen LogP contribution in [0.3, 0.4) is 0 Å². The van der Waals surface area contributed by atoms with E-state index in [2.05, 4.69) is 18.8 Å². The molecular formula is C10H14O2. The van der Waals surface area contributed by atoms with Crippen LogP contribution >= 0.6 is 0 Å². The maximum absolute atomic E-state index is 10.7. The highest BCUT2D eigenvalue weighted by molar-refractivity contribution is 5.72. The summed E-state index contributed by atoms with van der Waals surface area (Å²) in [6.07, 6.45) is 4.41. The van der Waals surface area contributed by atoms with Gasteiger partial charge in [0.2, 0.25) is 0 Å². The topological polar surface area (TPSA) is 26.3 Å². The normalized spacial score (nSPS) is 21.4. The fraction of sp³-hybridized carbons (Fsp3) is 0.700. The molecule has 0 aromatic heterocycles. The lowest BCUT2D eigenvalue weighted by atomic mass is 10.2. The van der Waals surface area contributed by atoms with Gasteiger partial charge in [-0.05, 0) is 6.42 Å². The molecule has 0 N–H and O–H groups in total. The highest BCUT2D eigenvalue weighted by atomic mass is 16.5. The van der Waals surface area contributed by atoms with Crippen molar-refractivity contribution < 1.29 is 9.53 Å². The Bertz CT molecular complexity index is 210. The van der Waals surface area contributed by atoms with Crippen LogP contribution in [-0.4, -0.2) is 12.1 Å². The van der Waals surface area contributed by atoms with Crippen molar-refractivity contribution in [3.63, 3.8) is 0 Å². The van der Waals surface area contributed by atoms with Crippen LogP contribution < -0.4 is 0 Å². The van der Waals surface area contributed by atoms with Gasteiger partial charge in [-0.2, -0.15) is 0 Å². The Labute approximate surface area is 73.3 Å². The first-order chi connectivity index (χ1) is 5.83. The van der Waals surface area contributed by atoms with Crippen LogP contribution in [0.4, 0.5) is 0 Å². The average molecular weight is 166 g/mol. The summed E-state index contributed by atoms with van der Waals surface area (Å²) in [4.78, 5) is 10.7. The number of unbranched alkanes of at least 4 members (excludes halogenated alkanes) is 2. The van der Waals surface area contributed by atoms with Gasteiger partial charge in [0, 0.05) is 12.8 Å². The van der Waals surface area contributed by atoms with Crippen LogP contribution in [0.15, 0.2) is 0 Å². The van der Waals surface area contributed by atoms with Crippen LogP contribution in [0, 0.1) is 11.8 Å². The quantitative estimate of drug-likeness (QED) is 0.355. The van der Waals surface area contributed by atoms with Crippen LogP contribution in [0.5, 0.6) is 0 Å². The fourth-order valence-corrected chi connectivity index (χ4v) is 1.08. The summed E-state index contributed by atoms with van der Waals surface area (Å²) in [7, 11) is 0. The predicted octanol–water partition coefficient (Wildman–Crippen LogP) is 1.89. The molecule has 2 heteroatoms. The molecule has 1 atom stereocenters. The molecule has 1 aliphatic heterocycles. The molecule has 2 nitrogen and oxygen atoms in total. The zero-order valence-electron chi connectivity index (χ0n) is 7.43. The summed E-state index contributed by atoms with van der Waals surface area (Å²) in [5.41, 5.74) is 0. The summed E-state index contributed by atoms with van der Waals surface area (Å²) in [6, 6.07) is 0. The third kappa shape index (κ3) is 2.96. The van der Waals surface area contributed by atoms with Gasteiger partial charge in [0.15, 0.2) is 6.10 Å². The number of rotatable bonds is 2. The smallest absolute Gasteiger partial charge is 0.307 e. The Morgan fingerprint density at radius 2 is 2.50 bits per heavy atom. The van der Waals surface area contributed by atoms with E-state index in [1.54, 1.807) is 0 Å². The second-order valence-corrected chi connectivity index (χ2v) is 2.94. The number of carbonyl (C=O) groups excluding carboxylic acids is 1. The minimum Gasteiger partial charge on any atom is -0.449 e. The number of carbonyl (C=O) groups is 1. The molecule has 1 heterocycles. The third-order valence-corrected chi connectivity index (χ3v) is 1.80. The Balaban J connectivity index is 2.20. The van der Waals surface area contributed by atoms with Crippen molar-refractivity contribution in [2.75, 3.05) is 0 Å². The van der Waals surface area contributed by atoms with Gasteiger partial charge in [-0.3, -0.25) is 4.79 Å². The lowest BCUT2D eigenvalue weighted by molar-refractivity contribution is -0.139. The van der Waals surface area contributed by atoms with E-state index in [0.717, 1.165) is 19.3 Å². The second-order valence-electron chi connectivity index (χ2n) is 2.94. The van der Waals surface area contributed by atoms with Crippen LogP contribution in [0.2, 0.25) is 0 Å². The number of cyclic esters (lactones) is 1. The summed E-state index contributed by atoms with van der Waals surface area (Å²) in [5.74, 6) is 5.87. The van der Waals surface area contributed by atoms with Gasteiger partial charge in [-0.25, -0.2) is 0 Å². The van der Waals surface area contributed by atoms with Crippen molar-refractivity contribution in [2.45, 2.75) is 45.1 Å². The highest BCUT2D eigenvalue weighted by Crippen LogP contribution is 2.12. The van der Waals surface area contributed by atoms with Crippen molar-refractivity contribution in [1.29, 1.82) is 0 Å². The Hall–Kier alpha value is -0.970. The van der Waals surface area contributed by atoms with Gasteiger partial charge in [-0.15, -0.1) is 0 Å². The van der Waals surface area contributed by atoms with Gasteiger partial charge in [-0.1, -0.05) is 25.2 Å². The van der Waals surface area contributed by atoms with E-state index in [-0.39, 0.29) is 12.1 Å². The Morgan fingerprint density at radius 1 is 1.67 bits per heavy atom. The molecule has 0 aromatic rings. The van der Waals surface area contributed by atoms with E-state index >= 15 is 0 Å². The summed E-state index contributed by atoms with van der Waals surface area (Å²) in [5, 5.41) is 0. The SMILES string of the molecule is CCCCC#C[C@H]1CCC(=O)O1. The van der Waals surface area contributed by atoms with Crippen molar-refractivity contribution in [3.8, 4) is 11.8 Å². The van der Waals surface area contributed by atoms with E-state index in [1.165, 1.54) is 6.42 Å². The first-order valence-corrected chi connectivity index (χ1v) is 4.51. The molecule has 0 aromatic carbocycles. The van der Waals surface area contributed by atoms with E-state index < -0.39 is 0 Å². The van der Waals surface area contributed by atoms with E-state index in [9.17, 15) is 4.79 Å². The minimum atomic E-state index is -0.116. The summed E-state index contributed by atoms with van der Waals surface area (Å²) < 4.78 is 4.93. The molecule has 0 amide bonds. The van der Waals surface area contributed by atoms with Crippen molar-refractivity contribution >= 4 is 5.97 Å². The third-order valence-electron chi connectivity index (χ3n) is 1.80. The fourth-order valence-electron chi connectivity index (χ4n) is 1.08. The molecule has 0 spiro atoms. The van der Waals surface area contributed by atoms with E-state index in [1.807, 2.05) is 0 Å². The number of esters is 1. The van der Waals surface area contributed by atoms with Crippen LogP contribution in [0.25, 0.3) is 0 Å². The number of hydrogen-bond donors (Lipinski definition) is 0. The van der Waals surface area contributed by atoms with Gasteiger partial charge in [0.05, 0.1) is 6.42 Å². The standard InChI is InChI=1S/C10H14O2/c1-2-3-4-5-6-9-7-8-10(11)12-9/h9H,2-4,7-8H2,1H3/t9-/m0/s1. The van der Waals surface area contributed by atoms with Crippen LogP contribution in [0.1, 0.15) is 39.0 Å². The summed E-state index contributed by atoms with van der Waals surface area (Å²) >= 11 is 0. The van der Waals surface area contributed by atoms with Gasteiger partial charge >= 0.3 is 5.97 Å². The molecule has 1 saturated heterocycles. The largest absolute Gasteiger partial charge is 0.449 e. The molecule has 0 radical (unpaired) electrons. The zero-order valence-corrected chi connectivity index (χ0v) is 7.43. The molecule has 0 unspecified atom stereocenters. The Kier molecular flexibility index (Phi) is 3.66.